The number of Topliss-reactive ketones (excluding diaryl/α,β-unsaturated/α-hetero) is 1. The highest BCUT2D eigenvalue weighted by atomic mass is 16.1. The molecule has 3 atom stereocenters. The normalized spacial score (nSPS) is 27.0. The van der Waals surface area contributed by atoms with E-state index in [1.807, 2.05) is 18.3 Å². The van der Waals surface area contributed by atoms with Crippen LogP contribution in [0.4, 0.5) is 0 Å². The van der Waals surface area contributed by atoms with Gasteiger partial charge in [0.15, 0.2) is 0 Å². The average Bonchev–Trinajstić information content (AvgIpc) is 3.35. The summed E-state index contributed by atoms with van der Waals surface area (Å²) in [6.07, 6.45) is 5.99. The Balaban J connectivity index is 1.55. The second kappa shape index (κ2) is 5.10. The molecule has 1 fully saturated rings. The van der Waals surface area contributed by atoms with Gasteiger partial charge in [0.1, 0.15) is 5.78 Å². The number of pyridine rings is 1. The van der Waals surface area contributed by atoms with Crippen molar-refractivity contribution in [2.45, 2.75) is 37.5 Å². The minimum absolute atomic E-state index is 0.0358. The molecule has 21 heavy (non-hydrogen) atoms. The van der Waals surface area contributed by atoms with E-state index in [-0.39, 0.29) is 11.8 Å². The maximum atomic E-state index is 12.9. The molecule has 3 unspecified atom stereocenters. The summed E-state index contributed by atoms with van der Waals surface area (Å²) in [5.41, 5.74) is 3.64. The molecule has 1 saturated carbocycles. The van der Waals surface area contributed by atoms with Crippen molar-refractivity contribution >= 4 is 5.78 Å². The van der Waals surface area contributed by atoms with Crippen LogP contribution in [0, 0.1) is 5.92 Å². The molecule has 0 spiro atoms. The van der Waals surface area contributed by atoms with Crippen LogP contribution in [-0.2, 0) is 11.2 Å². The molecule has 0 saturated heterocycles. The lowest BCUT2D eigenvalue weighted by Crippen LogP contribution is -2.21. The lowest BCUT2D eigenvalue weighted by atomic mass is 9.82. The fourth-order valence-corrected chi connectivity index (χ4v) is 3.72. The van der Waals surface area contributed by atoms with Crippen LogP contribution in [0.5, 0.6) is 0 Å². The van der Waals surface area contributed by atoms with E-state index in [4.69, 9.17) is 0 Å². The van der Waals surface area contributed by atoms with Crippen molar-refractivity contribution in [1.82, 2.24) is 4.98 Å². The van der Waals surface area contributed by atoms with Gasteiger partial charge in [-0.05, 0) is 48.8 Å². The predicted molar refractivity (Wildman–Crippen MR) is 82.2 cm³/mol. The minimum atomic E-state index is 0.0358. The van der Waals surface area contributed by atoms with Crippen molar-refractivity contribution in [3.63, 3.8) is 0 Å². The zero-order chi connectivity index (χ0) is 14.2. The van der Waals surface area contributed by atoms with Crippen molar-refractivity contribution in [3.8, 4) is 0 Å². The van der Waals surface area contributed by atoms with E-state index < -0.39 is 0 Å². The van der Waals surface area contributed by atoms with Gasteiger partial charge in [0.05, 0.1) is 11.6 Å². The second-order valence-corrected chi connectivity index (χ2v) is 6.25. The van der Waals surface area contributed by atoms with E-state index in [2.05, 4.69) is 35.3 Å². The molecule has 1 aromatic heterocycles. The summed E-state index contributed by atoms with van der Waals surface area (Å²) in [7, 11) is 0. The molecule has 2 aliphatic carbocycles. The first-order chi connectivity index (χ1) is 10.3. The van der Waals surface area contributed by atoms with E-state index in [0.717, 1.165) is 31.4 Å². The van der Waals surface area contributed by atoms with E-state index in [0.29, 0.717) is 11.7 Å². The molecule has 1 aromatic carbocycles. The Labute approximate surface area is 125 Å². The molecule has 0 amide bonds. The maximum Gasteiger partial charge on any atom is 0.145 e. The molecule has 4 rings (SSSR count). The smallest absolute Gasteiger partial charge is 0.145 e. The number of carbonyl (C=O) groups is 1. The van der Waals surface area contributed by atoms with Crippen molar-refractivity contribution in [2.24, 2.45) is 5.92 Å². The lowest BCUT2D eigenvalue weighted by molar-refractivity contribution is -0.122. The number of ketones is 1. The van der Waals surface area contributed by atoms with E-state index >= 15 is 0 Å². The van der Waals surface area contributed by atoms with Crippen LogP contribution < -0.4 is 0 Å². The molecule has 0 N–H and O–H groups in total. The third-order valence-electron chi connectivity index (χ3n) is 4.92. The Morgan fingerprint density at radius 2 is 1.95 bits per heavy atom. The molecule has 2 nitrogen and oxygen atoms in total. The van der Waals surface area contributed by atoms with Gasteiger partial charge in [0.2, 0.25) is 0 Å². The molecule has 0 bridgehead atoms. The largest absolute Gasteiger partial charge is 0.299 e. The van der Waals surface area contributed by atoms with Gasteiger partial charge in [0.25, 0.3) is 0 Å². The maximum absolute atomic E-state index is 12.9. The van der Waals surface area contributed by atoms with Gasteiger partial charge in [-0.1, -0.05) is 36.4 Å². The minimum Gasteiger partial charge on any atom is -0.299 e. The quantitative estimate of drug-likeness (QED) is 0.852. The van der Waals surface area contributed by atoms with Crippen LogP contribution >= 0.6 is 0 Å². The zero-order valence-corrected chi connectivity index (χ0v) is 12.0. The number of benzene rings is 1. The number of hydrogen-bond donors (Lipinski definition) is 0. The highest BCUT2D eigenvalue weighted by Crippen LogP contribution is 2.51. The van der Waals surface area contributed by atoms with Crippen LogP contribution in [0.2, 0.25) is 0 Å². The Hall–Kier alpha value is -1.96. The molecular weight excluding hydrogens is 258 g/mol. The highest BCUT2D eigenvalue weighted by molar-refractivity contribution is 5.91. The number of nitrogens with zero attached hydrogens (tertiary/aromatic N) is 1. The molecule has 0 aliphatic heterocycles. The first-order valence-corrected chi connectivity index (χ1v) is 7.87. The monoisotopic (exact) mass is 277 g/mol. The van der Waals surface area contributed by atoms with E-state index in [1.165, 1.54) is 11.1 Å². The van der Waals surface area contributed by atoms with Crippen molar-refractivity contribution in [2.75, 3.05) is 0 Å². The number of aryl methyl sites for hydroxylation is 1. The van der Waals surface area contributed by atoms with Crippen LogP contribution in [0.1, 0.15) is 47.9 Å². The van der Waals surface area contributed by atoms with Crippen molar-refractivity contribution in [1.29, 1.82) is 0 Å². The van der Waals surface area contributed by atoms with Gasteiger partial charge in [0, 0.05) is 12.1 Å². The predicted octanol–water partition coefficient (Wildman–Crippen LogP) is 3.87. The summed E-state index contributed by atoms with van der Waals surface area (Å²) in [5, 5.41) is 0. The van der Waals surface area contributed by atoms with Gasteiger partial charge >= 0.3 is 0 Å². The van der Waals surface area contributed by atoms with E-state index in [1.54, 1.807) is 0 Å². The van der Waals surface area contributed by atoms with Gasteiger partial charge in [-0.25, -0.2) is 0 Å². The third kappa shape index (κ3) is 2.29. The van der Waals surface area contributed by atoms with Crippen molar-refractivity contribution in [3.05, 3.63) is 65.5 Å². The number of rotatable bonds is 3. The van der Waals surface area contributed by atoms with Crippen LogP contribution in [0.25, 0.3) is 0 Å². The first-order valence-electron chi connectivity index (χ1n) is 7.87. The lowest BCUT2D eigenvalue weighted by Gasteiger charge is -2.23. The summed E-state index contributed by atoms with van der Waals surface area (Å²) < 4.78 is 0. The summed E-state index contributed by atoms with van der Waals surface area (Å²) in [4.78, 5) is 17.4. The topological polar surface area (TPSA) is 30.0 Å². The number of carbonyl (C=O) groups excluding carboxylic acids is 1. The Bertz CT molecular complexity index is 664. The summed E-state index contributed by atoms with van der Waals surface area (Å²) >= 11 is 0. The summed E-state index contributed by atoms with van der Waals surface area (Å²) in [6.45, 7) is 0. The Kier molecular flexibility index (Phi) is 3.10. The summed E-state index contributed by atoms with van der Waals surface area (Å²) in [5.74, 6) is 1.11. The molecular formula is C19H19NO. The van der Waals surface area contributed by atoms with Gasteiger partial charge in [-0.3, -0.25) is 9.78 Å². The molecule has 2 heteroatoms. The molecule has 0 radical (unpaired) electrons. The molecule has 2 aliphatic rings. The first kappa shape index (κ1) is 12.8. The molecule has 2 aromatic rings. The molecule has 1 heterocycles. The fourth-order valence-electron chi connectivity index (χ4n) is 3.72. The Morgan fingerprint density at radius 3 is 2.81 bits per heavy atom. The zero-order valence-electron chi connectivity index (χ0n) is 12.0. The highest BCUT2D eigenvalue weighted by Gasteiger charge is 2.47. The van der Waals surface area contributed by atoms with E-state index in [9.17, 15) is 4.79 Å². The van der Waals surface area contributed by atoms with Crippen LogP contribution in [-0.4, -0.2) is 10.8 Å². The SMILES string of the molecule is O=C(C1CCCc2cccnc21)C1CC1c1ccccc1. The Morgan fingerprint density at radius 1 is 1.10 bits per heavy atom. The number of hydrogen-bond acceptors (Lipinski definition) is 2. The van der Waals surface area contributed by atoms with Gasteiger partial charge in [-0.2, -0.15) is 0 Å². The fraction of sp³-hybridized carbons (Fsp3) is 0.368. The number of fused-ring (bicyclic) bond motifs is 1. The average molecular weight is 277 g/mol. The second-order valence-electron chi connectivity index (χ2n) is 6.25. The van der Waals surface area contributed by atoms with Gasteiger partial charge < -0.3 is 0 Å². The summed E-state index contributed by atoms with van der Waals surface area (Å²) in [6, 6.07) is 14.6. The standard InChI is InChI=1S/C19H19NO/c21-19(17-12-16(17)13-6-2-1-3-7-13)15-10-4-8-14-9-5-11-20-18(14)15/h1-3,5-7,9,11,15-17H,4,8,10,12H2. The van der Waals surface area contributed by atoms with Crippen LogP contribution in [0.3, 0.4) is 0 Å². The van der Waals surface area contributed by atoms with Gasteiger partial charge in [-0.15, -0.1) is 0 Å². The molecule has 106 valence electrons. The number of aromatic nitrogens is 1. The third-order valence-corrected chi connectivity index (χ3v) is 4.92. The van der Waals surface area contributed by atoms with Crippen molar-refractivity contribution < 1.29 is 4.79 Å². The van der Waals surface area contributed by atoms with Crippen LogP contribution in [0.15, 0.2) is 48.7 Å².